The first-order chi connectivity index (χ1) is 12.9. The van der Waals surface area contributed by atoms with Gasteiger partial charge in [0.25, 0.3) is 5.91 Å². The third-order valence-electron chi connectivity index (χ3n) is 3.51. The van der Waals surface area contributed by atoms with Gasteiger partial charge in [0.05, 0.1) is 25.3 Å². The minimum Gasteiger partial charge on any atom is -0.497 e. The molecular weight excluding hydrogens is 388 g/mol. The van der Waals surface area contributed by atoms with Gasteiger partial charge in [-0.15, -0.1) is 22.7 Å². The summed E-state index contributed by atoms with van der Waals surface area (Å²) >= 11 is 2.50. The molecule has 0 fully saturated rings. The van der Waals surface area contributed by atoms with E-state index in [1.54, 1.807) is 12.5 Å². The number of ether oxygens (including phenoxy) is 2. The Bertz CT molecular complexity index is 993. The van der Waals surface area contributed by atoms with Gasteiger partial charge in [0.1, 0.15) is 10.6 Å². The number of anilines is 1. The van der Waals surface area contributed by atoms with E-state index in [9.17, 15) is 9.59 Å². The van der Waals surface area contributed by atoms with E-state index < -0.39 is 5.97 Å². The maximum Gasteiger partial charge on any atom is 0.309 e. The van der Waals surface area contributed by atoms with Crippen LogP contribution < -0.4 is 14.8 Å². The summed E-state index contributed by atoms with van der Waals surface area (Å²) in [6, 6.07) is 5.56. The van der Waals surface area contributed by atoms with Gasteiger partial charge >= 0.3 is 5.97 Å². The van der Waals surface area contributed by atoms with Gasteiger partial charge in [-0.05, 0) is 32.0 Å². The Kier molecular flexibility index (Phi) is 5.62. The Morgan fingerprint density at radius 3 is 2.78 bits per heavy atom. The van der Waals surface area contributed by atoms with Gasteiger partial charge in [-0.1, -0.05) is 0 Å². The molecule has 142 valence electrons. The fourth-order valence-corrected chi connectivity index (χ4v) is 4.16. The lowest BCUT2D eigenvalue weighted by atomic mass is 10.2. The molecular formula is C18H18N2O5S2. The molecule has 1 amide bonds. The van der Waals surface area contributed by atoms with Crippen molar-refractivity contribution in [2.24, 2.45) is 0 Å². The Morgan fingerprint density at radius 2 is 2.11 bits per heavy atom. The molecule has 0 spiro atoms. The summed E-state index contributed by atoms with van der Waals surface area (Å²) in [7, 11) is 1.58. The van der Waals surface area contributed by atoms with Gasteiger partial charge in [0.15, 0.2) is 10.9 Å². The minimum atomic E-state index is -0.968. The molecule has 0 unspecified atom stereocenters. The molecule has 0 saturated carbocycles. The number of nitrogens with one attached hydrogen (secondary N) is 1. The first-order valence-electron chi connectivity index (χ1n) is 8.12. The van der Waals surface area contributed by atoms with Crippen molar-refractivity contribution in [2.75, 3.05) is 12.4 Å². The smallest absolute Gasteiger partial charge is 0.309 e. The van der Waals surface area contributed by atoms with Gasteiger partial charge in [-0.2, -0.15) is 0 Å². The molecule has 0 aliphatic heterocycles. The highest BCUT2D eigenvalue weighted by Crippen LogP contribution is 2.40. The number of fused-ring (bicyclic) bond motifs is 1. The Morgan fingerprint density at radius 1 is 1.33 bits per heavy atom. The van der Waals surface area contributed by atoms with Crippen LogP contribution >= 0.6 is 22.7 Å². The summed E-state index contributed by atoms with van der Waals surface area (Å²) < 4.78 is 12.1. The van der Waals surface area contributed by atoms with E-state index in [0.29, 0.717) is 27.2 Å². The molecule has 3 aromatic rings. The number of thiophene rings is 1. The van der Waals surface area contributed by atoms with Crippen molar-refractivity contribution in [3.63, 3.8) is 0 Å². The first-order valence-corrected chi connectivity index (χ1v) is 9.81. The molecule has 0 radical (unpaired) electrons. The summed E-state index contributed by atoms with van der Waals surface area (Å²) in [6.07, 6.45) is -0.292. The van der Waals surface area contributed by atoms with Crippen molar-refractivity contribution in [3.8, 4) is 11.5 Å². The summed E-state index contributed by atoms with van der Waals surface area (Å²) in [6.45, 7) is 3.79. The Labute approximate surface area is 163 Å². The fourth-order valence-electron chi connectivity index (χ4n) is 2.44. The second-order valence-corrected chi connectivity index (χ2v) is 7.87. The van der Waals surface area contributed by atoms with E-state index in [1.165, 1.54) is 22.7 Å². The number of thiazole rings is 1. The Balaban J connectivity index is 1.93. The standard InChI is InChI=1S/C18H18N2O5S2/c1-9(2)25-15-12-7-11(24-3)4-5-13(12)27-16(15)17(23)20-18-19-10(8-26-18)6-14(21)22/h4-5,7-9H,6H2,1-3H3,(H,21,22)(H,19,20,23). The molecule has 0 aliphatic carbocycles. The van der Waals surface area contributed by atoms with E-state index in [0.717, 1.165) is 10.1 Å². The SMILES string of the molecule is COc1ccc2sc(C(=O)Nc3nc(CC(=O)O)cs3)c(OC(C)C)c2c1. The summed E-state index contributed by atoms with van der Waals surface area (Å²) in [5, 5.41) is 14.3. The number of carboxylic acid groups (broad SMARTS) is 1. The largest absolute Gasteiger partial charge is 0.497 e. The zero-order valence-corrected chi connectivity index (χ0v) is 16.6. The van der Waals surface area contributed by atoms with Crippen molar-refractivity contribution in [2.45, 2.75) is 26.4 Å². The number of aromatic nitrogens is 1. The maximum absolute atomic E-state index is 12.8. The molecule has 9 heteroatoms. The lowest BCUT2D eigenvalue weighted by Crippen LogP contribution is -2.14. The summed E-state index contributed by atoms with van der Waals surface area (Å²) in [4.78, 5) is 28.2. The predicted molar refractivity (Wildman–Crippen MR) is 106 cm³/mol. The predicted octanol–water partition coefficient (Wildman–Crippen LogP) is 4.03. The molecule has 3 rings (SSSR count). The van der Waals surface area contributed by atoms with Crippen molar-refractivity contribution in [1.29, 1.82) is 0 Å². The second-order valence-electron chi connectivity index (χ2n) is 5.96. The monoisotopic (exact) mass is 406 g/mol. The van der Waals surface area contributed by atoms with E-state index in [1.807, 2.05) is 32.0 Å². The number of methoxy groups -OCH3 is 1. The molecule has 0 saturated heterocycles. The molecule has 0 atom stereocenters. The highest BCUT2D eigenvalue weighted by atomic mass is 32.1. The first kappa shape index (κ1) is 19.1. The van der Waals surface area contributed by atoms with Gasteiger partial charge in [0, 0.05) is 15.5 Å². The van der Waals surface area contributed by atoms with Gasteiger partial charge in [-0.3, -0.25) is 14.9 Å². The van der Waals surface area contributed by atoms with Crippen LogP contribution in [0.15, 0.2) is 23.6 Å². The maximum atomic E-state index is 12.8. The van der Waals surface area contributed by atoms with Crippen molar-refractivity contribution < 1.29 is 24.2 Å². The number of hydrogen-bond acceptors (Lipinski definition) is 7. The molecule has 27 heavy (non-hydrogen) atoms. The van der Waals surface area contributed by atoms with E-state index >= 15 is 0 Å². The number of carbonyl (C=O) groups excluding carboxylic acids is 1. The van der Waals surface area contributed by atoms with Gasteiger partial charge < -0.3 is 14.6 Å². The average molecular weight is 406 g/mol. The number of carboxylic acids is 1. The Hall–Kier alpha value is -2.65. The van der Waals surface area contributed by atoms with Crippen LogP contribution in [0.4, 0.5) is 5.13 Å². The van der Waals surface area contributed by atoms with Crippen LogP contribution in [-0.4, -0.2) is 35.2 Å². The summed E-state index contributed by atoms with van der Waals surface area (Å²) in [5.74, 6) is -0.130. The third-order valence-corrected chi connectivity index (χ3v) is 5.47. The molecule has 1 aromatic carbocycles. The number of carbonyl (C=O) groups is 2. The number of hydrogen-bond donors (Lipinski definition) is 2. The van der Waals surface area contributed by atoms with Crippen LogP contribution in [0.2, 0.25) is 0 Å². The molecule has 7 nitrogen and oxygen atoms in total. The zero-order chi connectivity index (χ0) is 19.6. The van der Waals surface area contributed by atoms with Gasteiger partial charge in [-0.25, -0.2) is 4.98 Å². The topological polar surface area (TPSA) is 97.8 Å². The highest BCUT2D eigenvalue weighted by molar-refractivity contribution is 7.21. The number of amides is 1. The second kappa shape index (κ2) is 7.93. The number of benzene rings is 1. The number of rotatable bonds is 7. The van der Waals surface area contributed by atoms with Crippen LogP contribution in [0, 0.1) is 0 Å². The molecule has 2 N–H and O–H groups in total. The van der Waals surface area contributed by atoms with Crippen LogP contribution in [0.1, 0.15) is 29.2 Å². The third kappa shape index (κ3) is 4.37. The number of nitrogens with zero attached hydrogens (tertiary/aromatic N) is 1. The zero-order valence-electron chi connectivity index (χ0n) is 14.9. The molecule has 2 aromatic heterocycles. The average Bonchev–Trinajstić information content (AvgIpc) is 3.18. The summed E-state index contributed by atoms with van der Waals surface area (Å²) in [5.41, 5.74) is 0.405. The van der Waals surface area contributed by atoms with Crippen molar-refractivity contribution >= 4 is 49.8 Å². The quantitative estimate of drug-likeness (QED) is 0.615. The lowest BCUT2D eigenvalue weighted by molar-refractivity contribution is -0.136. The minimum absolute atomic E-state index is 0.109. The van der Waals surface area contributed by atoms with Gasteiger partial charge in [0.2, 0.25) is 0 Å². The van der Waals surface area contributed by atoms with E-state index in [4.69, 9.17) is 14.6 Å². The lowest BCUT2D eigenvalue weighted by Gasteiger charge is -2.11. The van der Waals surface area contributed by atoms with Crippen LogP contribution in [0.5, 0.6) is 11.5 Å². The van der Waals surface area contributed by atoms with Crippen molar-refractivity contribution in [3.05, 3.63) is 34.2 Å². The molecule has 0 bridgehead atoms. The van der Waals surface area contributed by atoms with Crippen LogP contribution in [-0.2, 0) is 11.2 Å². The van der Waals surface area contributed by atoms with E-state index in [-0.39, 0.29) is 18.4 Å². The molecule has 2 heterocycles. The van der Waals surface area contributed by atoms with Crippen LogP contribution in [0.25, 0.3) is 10.1 Å². The normalized spacial score (nSPS) is 11.0. The fraction of sp³-hybridized carbons (Fsp3) is 0.278. The molecule has 0 aliphatic rings. The van der Waals surface area contributed by atoms with E-state index in [2.05, 4.69) is 10.3 Å². The van der Waals surface area contributed by atoms with Crippen molar-refractivity contribution in [1.82, 2.24) is 4.98 Å². The highest BCUT2D eigenvalue weighted by Gasteiger charge is 2.22. The van der Waals surface area contributed by atoms with Crippen LogP contribution in [0.3, 0.4) is 0 Å². The number of aliphatic carboxylic acids is 1.